The van der Waals surface area contributed by atoms with E-state index in [1.54, 1.807) is 0 Å². The molecule has 4 rings (SSSR count). The van der Waals surface area contributed by atoms with Crippen LogP contribution in [0.15, 0.2) is 16.6 Å². The predicted molar refractivity (Wildman–Crippen MR) is 78.0 cm³/mol. The van der Waals surface area contributed by atoms with Gasteiger partial charge in [-0.3, -0.25) is 0 Å². The Kier molecular flexibility index (Phi) is 3.04. The Morgan fingerprint density at radius 1 is 0.952 bits per heavy atom. The Bertz CT molecular complexity index is 625. The van der Waals surface area contributed by atoms with Gasteiger partial charge in [0.2, 0.25) is 0 Å². The molecule has 112 valence electrons. The maximum Gasteiger partial charge on any atom is 0.168 e. The molecule has 3 aliphatic rings. The molecule has 0 aromatic heterocycles. The van der Waals surface area contributed by atoms with Gasteiger partial charge >= 0.3 is 0 Å². The summed E-state index contributed by atoms with van der Waals surface area (Å²) >= 11 is 3.62. The third-order valence-corrected chi connectivity index (χ3v) is 6.01. The van der Waals surface area contributed by atoms with Crippen LogP contribution in [-0.4, -0.2) is 19.0 Å². The third-order valence-electron chi connectivity index (χ3n) is 5.03. The molecule has 1 aromatic rings. The van der Waals surface area contributed by atoms with Crippen molar-refractivity contribution in [3.63, 3.8) is 0 Å². The van der Waals surface area contributed by atoms with Gasteiger partial charge in [0.1, 0.15) is 0 Å². The SMILES string of the molecule is Fc1cc2c(cc1F)C1(CCC3(CC1)OCCO3)C(Br)=C2. The van der Waals surface area contributed by atoms with E-state index in [1.807, 2.05) is 6.08 Å². The number of allylic oxidation sites excluding steroid dienone is 1. The molecule has 0 radical (unpaired) electrons. The zero-order valence-corrected chi connectivity index (χ0v) is 13.0. The normalized spacial score (nSPS) is 25.4. The van der Waals surface area contributed by atoms with E-state index in [0.717, 1.165) is 41.3 Å². The molecular weight excluding hydrogens is 342 g/mol. The highest BCUT2D eigenvalue weighted by atomic mass is 79.9. The van der Waals surface area contributed by atoms with Crippen LogP contribution in [0.25, 0.3) is 6.08 Å². The van der Waals surface area contributed by atoms with Crippen LogP contribution in [0.2, 0.25) is 0 Å². The smallest absolute Gasteiger partial charge is 0.168 e. The Morgan fingerprint density at radius 2 is 1.57 bits per heavy atom. The molecule has 1 saturated heterocycles. The predicted octanol–water partition coefficient (Wildman–Crippen LogP) is 4.27. The topological polar surface area (TPSA) is 18.5 Å². The lowest BCUT2D eigenvalue weighted by molar-refractivity contribution is -0.182. The molecule has 2 nitrogen and oxygen atoms in total. The van der Waals surface area contributed by atoms with Crippen LogP contribution < -0.4 is 0 Å². The first kappa shape index (κ1) is 13.9. The van der Waals surface area contributed by atoms with E-state index in [2.05, 4.69) is 15.9 Å². The van der Waals surface area contributed by atoms with Gasteiger partial charge < -0.3 is 9.47 Å². The van der Waals surface area contributed by atoms with Crippen LogP contribution in [0.3, 0.4) is 0 Å². The minimum absolute atomic E-state index is 0.259. The summed E-state index contributed by atoms with van der Waals surface area (Å²) in [5.74, 6) is -2.03. The molecule has 2 fully saturated rings. The van der Waals surface area contributed by atoms with E-state index in [9.17, 15) is 8.78 Å². The van der Waals surface area contributed by atoms with Crippen LogP contribution in [0.5, 0.6) is 0 Å². The van der Waals surface area contributed by atoms with Gasteiger partial charge in [-0.25, -0.2) is 8.78 Å². The maximum atomic E-state index is 13.7. The molecule has 0 unspecified atom stereocenters. The van der Waals surface area contributed by atoms with Gasteiger partial charge in [0, 0.05) is 22.7 Å². The summed E-state index contributed by atoms with van der Waals surface area (Å²) in [5, 5.41) is 0. The number of hydrogen-bond donors (Lipinski definition) is 0. The summed E-state index contributed by atoms with van der Waals surface area (Å²) in [5.41, 5.74) is 1.39. The Balaban J connectivity index is 1.71. The van der Waals surface area contributed by atoms with Crippen molar-refractivity contribution in [3.8, 4) is 0 Å². The zero-order chi connectivity index (χ0) is 14.7. The van der Waals surface area contributed by atoms with Gasteiger partial charge in [-0.1, -0.05) is 15.9 Å². The molecule has 2 aliphatic carbocycles. The molecule has 0 bridgehead atoms. The van der Waals surface area contributed by atoms with Crippen LogP contribution in [0.4, 0.5) is 8.78 Å². The molecule has 0 amide bonds. The van der Waals surface area contributed by atoms with E-state index in [1.165, 1.54) is 12.1 Å². The number of benzene rings is 1. The van der Waals surface area contributed by atoms with Crippen molar-refractivity contribution in [2.45, 2.75) is 36.9 Å². The molecule has 1 saturated carbocycles. The fourth-order valence-electron chi connectivity index (χ4n) is 3.85. The largest absolute Gasteiger partial charge is 0.348 e. The highest BCUT2D eigenvalue weighted by Crippen LogP contribution is 2.56. The van der Waals surface area contributed by atoms with Crippen molar-refractivity contribution in [1.82, 2.24) is 0 Å². The van der Waals surface area contributed by atoms with Crippen molar-refractivity contribution in [2.75, 3.05) is 13.2 Å². The number of halogens is 3. The van der Waals surface area contributed by atoms with Gasteiger partial charge in [-0.15, -0.1) is 0 Å². The van der Waals surface area contributed by atoms with Gasteiger partial charge in [0.25, 0.3) is 0 Å². The number of ether oxygens (including phenoxy) is 2. The number of hydrogen-bond acceptors (Lipinski definition) is 2. The summed E-state index contributed by atoms with van der Waals surface area (Å²) in [7, 11) is 0. The average molecular weight is 357 g/mol. The van der Waals surface area contributed by atoms with Crippen LogP contribution in [-0.2, 0) is 14.9 Å². The summed E-state index contributed by atoms with van der Waals surface area (Å²) in [6.45, 7) is 1.28. The van der Waals surface area contributed by atoms with E-state index in [0.29, 0.717) is 13.2 Å². The second kappa shape index (κ2) is 4.61. The van der Waals surface area contributed by atoms with E-state index < -0.39 is 17.4 Å². The minimum Gasteiger partial charge on any atom is -0.348 e. The first-order valence-corrected chi connectivity index (χ1v) is 7.99. The highest BCUT2D eigenvalue weighted by molar-refractivity contribution is 9.11. The van der Waals surface area contributed by atoms with Gasteiger partial charge in [-0.05, 0) is 42.2 Å². The fourth-order valence-corrected chi connectivity index (χ4v) is 4.71. The second-order valence-corrected chi connectivity index (χ2v) is 6.89. The minimum atomic E-state index is -0.794. The molecule has 0 N–H and O–H groups in total. The molecule has 0 atom stereocenters. The fraction of sp³-hybridized carbons (Fsp3) is 0.500. The first-order valence-electron chi connectivity index (χ1n) is 7.20. The van der Waals surface area contributed by atoms with Crippen molar-refractivity contribution in [1.29, 1.82) is 0 Å². The lowest BCUT2D eigenvalue weighted by Gasteiger charge is -2.42. The van der Waals surface area contributed by atoms with Gasteiger partial charge in [0.05, 0.1) is 13.2 Å². The Labute approximate surface area is 130 Å². The third kappa shape index (κ3) is 1.94. The first-order chi connectivity index (χ1) is 10.0. The Hall–Kier alpha value is -0.780. The summed E-state index contributed by atoms with van der Waals surface area (Å²) in [6, 6.07) is 2.64. The zero-order valence-electron chi connectivity index (χ0n) is 11.4. The Morgan fingerprint density at radius 3 is 2.24 bits per heavy atom. The van der Waals surface area contributed by atoms with Gasteiger partial charge in [-0.2, -0.15) is 0 Å². The second-order valence-electron chi connectivity index (χ2n) is 6.04. The molecule has 5 heteroatoms. The standard InChI is InChI=1S/C16H15BrF2O2/c17-14-8-10-7-12(18)13(19)9-11(10)15(14)1-3-16(4-2-15)20-5-6-21-16/h7-9H,1-6H2. The maximum absolute atomic E-state index is 13.7. The van der Waals surface area contributed by atoms with E-state index in [-0.39, 0.29) is 5.41 Å². The number of fused-ring (bicyclic) bond motifs is 2. The van der Waals surface area contributed by atoms with Crippen molar-refractivity contribution in [3.05, 3.63) is 39.4 Å². The summed E-state index contributed by atoms with van der Waals surface area (Å²) in [6.07, 6.45) is 5.07. The van der Waals surface area contributed by atoms with Crippen LogP contribution in [0, 0.1) is 11.6 Å². The molecular formula is C16H15BrF2O2. The van der Waals surface area contributed by atoms with Gasteiger partial charge in [0.15, 0.2) is 17.4 Å². The lowest BCUT2D eigenvalue weighted by atomic mass is 9.69. The van der Waals surface area contributed by atoms with Crippen LogP contribution in [0.1, 0.15) is 36.8 Å². The monoisotopic (exact) mass is 356 g/mol. The van der Waals surface area contributed by atoms with Crippen molar-refractivity contribution in [2.24, 2.45) is 0 Å². The molecule has 1 heterocycles. The molecule has 2 spiro atoms. The molecule has 1 aromatic carbocycles. The lowest BCUT2D eigenvalue weighted by Crippen LogP contribution is -2.41. The van der Waals surface area contributed by atoms with Crippen molar-refractivity contribution < 1.29 is 18.3 Å². The quantitative estimate of drug-likeness (QED) is 0.691. The van der Waals surface area contributed by atoms with E-state index >= 15 is 0 Å². The van der Waals surface area contributed by atoms with E-state index in [4.69, 9.17) is 9.47 Å². The average Bonchev–Trinajstić information content (AvgIpc) is 3.01. The molecule has 1 aliphatic heterocycles. The highest BCUT2D eigenvalue weighted by Gasteiger charge is 2.50. The molecule has 21 heavy (non-hydrogen) atoms. The summed E-state index contributed by atoms with van der Waals surface area (Å²) < 4.78 is 39.6. The van der Waals surface area contributed by atoms with Crippen LogP contribution >= 0.6 is 15.9 Å². The summed E-state index contributed by atoms with van der Waals surface area (Å²) in [4.78, 5) is 0. The number of rotatable bonds is 0. The van der Waals surface area contributed by atoms with Crippen molar-refractivity contribution >= 4 is 22.0 Å².